The first-order chi connectivity index (χ1) is 19.1. The smallest absolute Gasteiger partial charge is 0.408 e. The molecule has 2 heterocycles. The lowest BCUT2D eigenvalue weighted by Crippen LogP contribution is -2.54. The van der Waals surface area contributed by atoms with E-state index in [1.54, 1.807) is 29.2 Å². The van der Waals surface area contributed by atoms with Crippen LogP contribution in [-0.2, 0) is 37.1 Å². The number of anilines is 1. The quantitative estimate of drug-likeness (QED) is 0.255. The fraction of sp³-hybridized carbons (Fsp3) is 0.520. The van der Waals surface area contributed by atoms with Crippen LogP contribution in [0.4, 0.5) is 10.7 Å². The van der Waals surface area contributed by atoms with Gasteiger partial charge < -0.3 is 30.7 Å². The number of ketones is 1. The third kappa shape index (κ3) is 8.22. The summed E-state index contributed by atoms with van der Waals surface area (Å²) in [6, 6.07) is 6.12. The molecule has 1 aromatic heterocycles. The molecule has 1 fully saturated rings. The van der Waals surface area contributed by atoms with Crippen LogP contribution in [0, 0.1) is 5.92 Å². The first-order valence-electron chi connectivity index (χ1n) is 12.9. The second-order valence-electron chi connectivity index (χ2n) is 9.64. The highest BCUT2D eigenvalue weighted by molar-refractivity contribution is 5.92. The summed E-state index contributed by atoms with van der Waals surface area (Å²) >= 11 is 0. The maximum Gasteiger partial charge on any atom is 0.408 e. The summed E-state index contributed by atoms with van der Waals surface area (Å²) in [4.78, 5) is 64.2. The Morgan fingerprint density at radius 3 is 2.50 bits per heavy atom. The highest BCUT2D eigenvalue weighted by Gasteiger charge is 2.36. The van der Waals surface area contributed by atoms with Crippen molar-refractivity contribution >= 4 is 35.6 Å². The monoisotopic (exact) mass is 558 g/mol. The van der Waals surface area contributed by atoms with Gasteiger partial charge in [0.25, 0.3) is 5.95 Å². The van der Waals surface area contributed by atoms with E-state index in [-0.39, 0.29) is 30.3 Å². The van der Waals surface area contributed by atoms with Gasteiger partial charge in [-0.15, -0.1) is 5.10 Å². The van der Waals surface area contributed by atoms with Gasteiger partial charge in [0.05, 0.1) is 6.42 Å². The Bertz CT molecular complexity index is 1200. The number of amides is 3. The van der Waals surface area contributed by atoms with Gasteiger partial charge in [-0.05, 0) is 29.5 Å². The van der Waals surface area contributed by atoms with Crippen molar-refractivity contribution in [2.75, 3.05) is 18.5 Å². The number of nitrogens with one attached hydrogen (secondary N) is 3. The fourth-order valence-corrected chi connectivity index (χ4v) is 4.21. The lowest BCUT2D eigenvalue weighted by Gasteiger charge is -2.26. The SMILES string of the molecule is CNC(=O)C(NC(=O)[C@@H]1CCCN1c1nnn(CC(=O)C(CC(=O)O)NC(=O)OCc2ccccc2)n1)C(C)C. The molecular formula is C25H34N8O7. The van der Waals surface area contributed by atoms with E-state index in [1.807, 2.05) is 19.9 Å². The van der Waals surface area contributed by atoms with Crippen molar-refractivity contribution in [3.63, 3.8) is 0 Å². The zero-order valence-electron chi connectivity index (χ0n) is 22.6. The van der Waals surface area contributed by atoms with E-state index in [9.17, 15) is 29.1 Å². The second kappa shape index (κ2) is 14.0. The third-order valence-electron chi connectivity index (χ3n) is 6.32. The third-order valence-corrected chi connectivity index (χ3v) is 6.32. The number of hydrogen-bond acceptors (Lipinski definition) is 10. The van der Waals surface area contributed by atoms with Gasteiger partial charge in [0.2, 0.25) is 11.8 Å². The van der Waals surface area contributed by atoms with E-state index in [4.69, 9.17) is 4.74 Å². The van der Waals surface area contributed by atoms with Crippen LogP contribution in [0.25, 0.3) is 0 Å². The van der Waals surface area contributed by atoms with Crippen LogP contribution in [0.5, 0.6) is 0 Å². The molecule has 1 aromatic carbocycles. The van der Waals surface area contributed by atoms with Gasteiger partial charge >= 0.3 is 12.1 Å². The number of alkyl carbamates (subject to hydrolysis) is 1. The van der Waals surface area contributed by atoms with Crippen molar-refractivity contribution in [3.8, 4) is 0 Å². The van der Waals surface area contributed by atoms with Crippen molar-refractivity contribution < 1.29 is 33.8 Å². The standard InChI is InChI=1S/C25H34N8O7/c1-15(2)21(23(38)26-3)28-22(37)18-10-7-11-32(18)24-29-31-33(30-24)13-19(34)17(12-20(35)36)27-25(39)40-14-16-8-5-4-6-9-16/h4-6,8-9,15,17-18,21H,7,10-14H2,1-3H3,(H,26,38)(H,27,39)(H,28,37)(H,35,36)/t17?,18-,21?/m0/s1. The number of nitrogens with zero attached hydrogens (tertiary/aromatic N) is 5. The Morgan fingerprint density at radius 2 is 1.85 bits per heavy atom. The Morgan fingerprint density at radius 1 is 1.12 bits per heavy atom. The number of Topliss-reactive ketones (excluding diaryl/α,β-unsaturated/α-hetero) is 1. The van der Waals surface area contributed by atoms with E-state index >= 15 is 0 Å². The lowest BCUT2D eigenvalue weighted by molar-refractivity contribution is -0.139. The molecular weight excluding hydrogens is 524 g/mol. The average Bonchev–Trinajstić information content (AvgIpc) is 3.59. The molecule has 0 bridgehead atoms. The summed E-state index contributed by atoms with van der Waals surface area (Å²) in [6.07, 6.45) is -0.434. The molecule has 2 aromatic rings. The van der Waals surface area contributed by atoms with Crippen LogP contribution in [-0.4, -0.2) is 86.7 Å². The topological polar surface area (TPSA) is 198 Å². The van der Waals surface area contributed by atoms with Gasteiger partial charge in [-0.3, -0.25) is 19.2 Å². The largest absolute Gasteiger partial charge is 0.481 e. The summed E-state index contributed by atoms with van der Waals surface area (Å²) in [6.45, 7) is 3.58. The number of carbonyl (C=O) groups excluding carboxylic acids is 4. The van der Waals surface area contributed by atoms with Gasteiger partial charge in [-0.25, -0.2) is 4.79 Å². The molecule has 3 rings (SSSR count). The summed E-state index contributed by atoms with van der Waals surface area (Å²) in [5.41, 5.74) is 0.723. The van der Waals surface area contributed by atoms with Crippen molar-refractivity contribution in [2.24, 2.45) is 5.92 Å². The van der Waals surface area contributed by atoms with Crippen LogP contribution in [0.15, 0.2) is 30.3 Å². The predicted octanol–water partition coefficient (Wildman–Crippen LogP) is -0.132. The Balaban J connectivity index is 1.62. The molecule has 1 aliphatic rings. The second-order valence-corrected chi connectivity index (χ2v) is 9.64. The van der Waals surface area contributed by atoms with Crippen molar-refractivity contribution in [1.29, 1.82) is 0 Å². The molecule has 3 atom stereocenters. The van der Waals surface area contributed by atoms with E-state index < -0.39 is 48.9 Å². The minimum atomic E-state index is -1.39. The number of hydrogen-bond donors (Lipinski definition) is 4. The number of carboxylic acids is 1. The Labute approximate surface area is 230 Å². The molecule has 0 radical (unpaired) electrons. The van der Waals surface area contributed by atoms with Crippen LogP contribution < -0.4 is 20.9 Å². The van der Waals surface area contributed by atoms with Crippen molar-refractivity contribution in [1.82, 2.24) is 36.2 Å². The van der Waals surface area contributed by atoms with Crippen molar-refractivity contribution in [2.45, 2.75) is 64.4 Å². The maximum atomic E-state index is 13.0. The average molecular weight is 559 g/mol. The van der Waals surface area contributed by atoms with Crippen LogP contribution in [0.2, 0.25) is 0 Å². The zero-order valence-corrected chi connectivity index (χ0v) is 22.6. The molecule has 0 saturated carbocycles. The van der Waals surface area contributed by atoms with Crippen molar-refractivity contribution in [3.05, 3.63) is 35.9 Å². The molecule has 4 N–H and O–H groups in total. The number of ether oxygens (including phenoxy) is 1. The first-order valence-corrected chi connectivity index (χ1v) is 12.9. The first kappa shape index (κ1) is 30.0. The van der Waals surface area contributed by atoms with E-state index in [0.29, 0.717) is 19.4 Å². The maximum absolute atomic E-state index is 13.0. The van der Waals surface area contributed by atoms with E-state index in [0.717, 1.165) is 10.4 Å². The number of carbonyl (C=O) groups is 5. The summed E-state index contributed by atoms with van der Waals surface area (Å²) in [5.74, 6) is -2.65. The number of aliphatic carboxylic acids is 1. The summed E-state index contributed by atoms with van der Waals surface area (Å²) < 4.78 is 5.10. The molecule has 1 saturated heterocycles. The summed E-state index contributed by atoms with van der Waals surface area (Å²) in [5, 5.41) is 28.9. The minimum absolute atomic E-state index is 0.0553. The highest BCUT2D eigenvalue weighted by Crippen LogP contribution is 2.22. The number of rotatable bonds is 13. The van der Waals surface area contributed by atoms with Gasteiger partial charge in [0, 0.05) is 13.6 Å². The van der Waals surface area contributed by atoms with Gasteiger partial charge in [0.1, 0.15) is 31.3 Å². The number of tetrazole rings is 1. The van der Waals surface area contributed by atoms with Crippen LogP contribution >= 0.6 is 0 Å². The molecule has 216 valence electrons. The number of aromatic nitrogens is 4. The van der Waals surface area contributed by atoms with E-state index in [2.05, 4.69) is 31.4 Å². The summed E-state index contributed by atoms with van der Waals surface area (Å²) in [7, 11) is 1.50. The molecule has 1 aliphatic heterocycles. The molecule has 15 nitrogen and oxygen atoms in total. The van der Waals surface area contributed by atoms with Gasteiger partial charge in [0.15, 0.2) is 5.78 Å². The molecule has 0 aliphatic carbocycles. The Kier molecular flexibility index (Phi) is 10.5. The molecule has 2 unspecified atom stereocenters. The Hall–Kier alpha value is -4.56. The molecule has 0 spiro atoms. The van der Waals surface area contributed by atoms with E-state index in [1.165, 1.54) is 7.05 Å². The number of carboxylic acid groups (broad SMARTS) is 1. The lowest BCUT2D eigenvalue weighted by atomic mass is 10.0. The van der Waals surface area contributed by atoms with Crippen LogP contribution in [0.1, 0.15) is 38.7 Å². The van der Waals surface area contributed by atoms with Gasteiger partial charge in [-0.2, -0.15) is 4.80 Å². The number of benzene rings is 1. The highest BCUT2D eigenvalue weighted by atomic mass is 16.5. The molecule has 3 amide bonds. The number of likely N-dealkylation sites (N-methyl/N-ethyl adjacent to an activating group) is 1. The molecule has 15 heteroatoms. The normalized spacial score (nSPS) is 16.2. The van der Waals surface area contributed by atoms with Crippen LogP contribution in [0.3, 0.4) is 0 Å². The fourth-order valence-electron chi connectivity index (χ4n) is 4.21. The molecule has 40 heavy (non-hydrogen) atoms. The minimum Gasteiger partial charge on any atom is -0.481 e. The van der Waals surface area contributed by atoms with Gasteiger partial charge in [-0.1, -0.05) is 49.3 Å². The predicted molar refractivity (Wildman–Crippen MR) is 140 cm³/mol. The zero-order chi connectivity index (χ0) is 29.2.